The molecule has 0 radical (unpaired) electrons. The van der Waals surface area contributed by atoms with Gasteiger partial charge in [0.1, 0.15) is 0 Å². The quantitative estimate of drug-likeness (QED) is 0.533. The van der Waals surface area contributed by atoms with Crippen molar-refractivity contribution >= 4 is 0 Å². The van der Waals surface area contributed by atoms with Gasteiger partial charge in [-0.1, -0.05) is 0 Å². The maximum absolute atomic E-state index is 11.3. The number of halogens is 6. The Morgan fingerprint density at radius 1 is 0.571 bits per heavy atom. The van der Waals surface area contributed by atoms with Gasteiger partial charge in [0.25, 0.3) is 0 Å². The first-order valence-corrected chi connectivity index (χ1v) is 6.71. The maximum atomic E-state index is 9.93. The van der Waals surface area contributed by atoms with Crippen molar-refractivity contribution in [3.63, 3.8) is 0 Å². The molecule has 0 saturated carbocycles. The third-order valence-electron chi connectivity index (χ3n) is 0. The molecular weight excluding hydrogens is 205 g/mol. The van der Waals surface area contributed by atoms with E-state index in [0.717, 1.165) is 0 Å². The minimum atomic E-state index is -11.3. The van der Waals surface area contributed by atoms with E-state index in [-0.39, 0.29) is 0 Å². The van der Waals surface area contributed by atoms with E-state index in [1.165, 1.54) is 0 Å². The van der Waals surface area contributed by atoms with Gasteiger partial charge in [-0.05, 0) is 0 Å². The predicted octanol–water partition coefficient (Wildman–Crippen LogP) is 2.52. The van der Waals surface area contributed by atoms with Gasteiger partial charge in [-0.2, -0.15) is 0 Å². The van der Waals surface area contributed by atoms with Crippen LogP contribution in [-0.4, -0.2) is 0 Å². The van der Waals surface area contributed by atoms with Gasteiger partial charge >= 0.3 is 36.7 Å². The Morgan fingerprint density at radius 3 is 0.571 bits per heavy atom. The van der Waals surface area contributed by atoms with Crippen molar-refractivity contribution in [1.82, 2.24) is 0 Å². The van der Waals surface area contributed by atoms with Crippen LogP contribution in [0.25, 0.3) is 0 Å². The Balaban J connectivity index is 4.43. The van der Waals surface area contributed by atoms with Crippen LogP contribution in [0.2, 0.25) is 0 Å². The SMILES string of the molecule is [F][Zr]([F])([F])([F])([F])[F]. The minimum absolute atomic E-state index is 9.93. The van der Waals surface area contributed by atoms with Crippen molar-refractivity contribution in [2.75, 3.05) is 0 Å². The second kappa shape index (κ2) is 0.807. The molecule has 0 bridgehead atoms. The fourth-order valence-electron chi connectivity index (χ4n) is 0. The molecule has 0 aromatic heterocycles. The Kier molecular flexibility index (Phi) is 0.860. The summed E-state index contributed by atoms with van der Waals surface area (Å²) >= 11 is -11.3. The van der Waals surface area contributed by atoms with Crippen molar-refractivity contribution in [3.05, 3.63) is 0 Å². The fourth-order valence-corrected chi connectivity index (χ4v) is 0. The monoisotopic (exact) mass is 204 g/mol. The number of hydrogen-bond acceptors (Lipinski definition) is 0. The molecule has 0 rings (SSSR count). The molecule has 0 heterocycles. The van der Waals surface area contributed by atoms with Crippen LogP contribution in [0.5, 0.6) is 0 Å². The van der Waals surface area contributed by atoms with E-state index in [4.69, 9.17) is 0 Å². The summed E-state index contributed by atoms with van der Waals surface area (Å²) in [5.74, 6) is 0. The van der Waals surface area contributed by atoms with Gasteiger partial charge in [-0.3, -0.25) is 0 Å². The van der Waals surface area contributed by atoms with Crippen molar-refractivity contribution in [3.8, 4) is 0 Å². The third-order valence-corrected chi connectivity index (χ3v) is 0. The van der Waals surface area contributed by atoms with E-state index in [1.54, 1.807) is 0 Å². The van der Waals surface area contributed by atoms with Gasteiger partial charge in [0.15, 0.2) is 0 Å². The van der Waals surface area contributed by atoms with Crippen LogP contribution in [0.3, 0.4) is 0 Å². The van der Waals surface area contributed by atoms with Crippen molar-refractivity contribution in [2.24, 2.45) is 0 Å². The predicted molar refractivity (Wildman–Crippen MR) is 6.65 cm³/mol. The molecule has 0 aromatic carbocycles. The summed E-state index contributed by atoms with van der Waals surface area (Å²) in [5, 5.41) is 0. The topological polar surface area (TPSA) is 0 Å². The van der Waals surface area contributed by atoms with Crippen LogP contribution in [0.4, 0.5) is 15.8 Å². The first-order chi connectivity index (χ1) is 2.45. The van der Waals surface area contributed by atoms with Gasteiger partial charge in [0.05, 0.1) is 0 Å². The average molecular weight is 205 g/mol. The molecule has 7 heavy (non-hydrogen) atoms. The van der Waals surface area contributed by atoms with E-state index in [0.29, 0.717) is 0 Å². The zero-order chi connectivity index (χ0) is 6.41. The van der Waals surface area contributed by atoms with Crippen LogP contribution in [0, 0.1) is 0 Å². The summed E-state index contributed by atoms with van der Waals surface area (Å²) in [7, 11) is 0. The standard InChI is InChI=1S/6FH.Zr/h6*1H;/q;;;;;;+6/p-6. The molecule has 0 atom stereocenters. The summed E-state index contributed by atoms with van der Waals surface area (Å²) < 4.78 is 59.6. The molecule has 0 nitrogen and oxygen atoms in total. The Bertz CT molecular complexity index is 62.7. The normalized spacial score (nSPS) is 23.1. The van der Waals surface area contributed by atoms with Crippen molar-refractivity contribution in [1.29, 1.82) is 0 Å². The molecule has 0 unspecified atom stereocenters. The molecule has 46 valence electrons. The first kappa shape index (κ1) is 7.46. The Morgan fingerprint density at radius 2 is 0.571 bits per heavy atom. The van der Waals surface area contributed by atoms with E-state index in [9.17, 15) is 15.8 Å². The van der Waals surface area contributed by atoms with E-state index in [1.807, 2.05) is 0 Å². The van der Waals surface area contributed by atoms with E-state index < -0.39 is 21.0 Å². The summed E-state index contributed by atoms with van der Waals surface area (Å²) in [6.45, 7) is 0. The average Bonchev–Trinajstić information content (AvgIpc) is 0.592. The van der Waals surface area contributed by atoms with Crippen molar-refractivity contribution < 1.29 is 36.7 Å². The Labute approximate surface area is 37.3 Å². The molecular formula is F6Zr. The van der Waals surface area contributed by atoms with E-state index in [2.05, 4.69) is 0 Å². The van der Waals surface area contributed by atoms with Gasteiger partial charge in [-0.25, -0.2) is 0 Å². The fraction of sp³-hybridized carbons (Fsp3) is 0. The summed E-state index contributed by atoms with van der Waals surface area (Å²) in [6.07, 6.45) is 0. The van der Waals surface area contributed by atoms with Gasteiger partial charge < -0.3 is 0 Å². The Hall–Kier alpha value is 0.463. The molecule has 0 amide bonds. The number of hydrogen-bond donors (Lipinski definition) is 0. The summed E-state index contributed by atoms with van der Waals surface area (Å²) in [5.41, 5.74) is 0. The first-order valence-electron chi connectivity index (χ1n) is 1.13. The zero-order valence-electron chi connectivity index (χ0n) is 2.77. The van der Waals surface area contributed by atoms with Crippen LogP contribution >= 0.6 is 0 Å². The van der Waals surface area contributed by atoms with Crippen LogP contribution in [0.15, 0.2) is 0 Å². The van der Waals surface area contributed by atoms with Gasteiger partial charge in [0.2, 0.25) is 0 Å². The summed E-state index contributed by atoms with van der Waals surface area (Å²) in [4.78, 5) is 0. The second-order valence-electron chi connectivity index (χ2n) is 1.07. The van der Waals surface area contributed by atoms with E-state index >= 15 is 0 Å². The third kappa shape index (κ3) is 600. The number of rotatable bonds is 0. The molecule has 0 N–H and O–H groups in total. The molecule has 0 saturated heterocycles. The second-order valence-corrected chi connectivity index (χ2v) is 6.34. The van der Waals surface area contributed by atoms with Gasteiger partial charge in [0, 0.05) is 0 Å². The molecule has 0 aliphatic heterocycles. The molecule has 0 aliphatic rings. The zero-order valence-corrected chi connectivity index (χ0v) is 5.23. The van der Waals surface area contributed by atoms with Gasteiger partial charge in [-0.15, -0.1) is 0 Å². The van der Waals surface area contributed by atoms with Crippen LogP contribution in [-0.2, 0) is 21.0 Å². The molecule has 0 aromatic rings. The summed E-state index contributed by atoms with van der Waals surface area (Å²) in [6, 6.07) is 0. The molecule has 0 fully saturated rings. The van der Waals surface area contributed by atoms with Crippen molar-refractivity contribution in [2.45, 2.75) is 0 Å². The van der Waals surface area contributed by atoms with Crippen LogP contribution in [0.1, 0.15) is 0 Å². The molecule has 0 aliphatic carbocycles. The molecule has 0 spiro atoms. The molecule has 7 heteroatoms. The van der Waals surface area contributed by atoms with Crippen LogP contribution < -0.4 is 0 Å².